The summed E-state index contributed by atoms with van der Waals surface area (Å²) in [4.78, 5) is 8.73. The first-order valence-electron chi connectivity index (χ1n) is 12.9. The molecular formula is C30H29N5O4S. The van der Waals surface area contributed by atoms with Gasteiger partial charge in [-0.05, 0) is 48.4 Å². The minimum absolute atomic E-state index is 0.0293. The molecule has 0 aliphatic carbocycles. The lowest BCUT2D eigenvalue weighted by molar-refractivity contribution is 0.0254. The Bertz CT molecular complexity index is 1730. The van der Waals surface area contributed by atoms with Crippen LogP contribution in [0.4, 0.5) is 0 Å². The van der Waals surface area contributed by atoms with E-state index in [0.717, 1.165) is 18.4 Å². The second kappa shape index (κ2) is 11.4. The lowest BCUT2D eigenvalue weighted by atomic mass is 9.99. The van der Waals surface area contributed by atoms with E-state index in [0.29, 0.717) is 46.6 Å². The van der Waals surface area contributed by atoms with Crippen LogP contribution < -0.4 is 4.74 Å². The number of ether oxygens (including phenoxy) is 2. The molecule has 0 spiro atoms. The lowest BCUT2D eigenvalue weighted by Gasteiger charge is -2.23. The molecule has 1 fully saturated rings. The molecular weight excluding hydrogens is 526 g/mol. The summed E-state index contributed by atoms with van der Waals surface area (Å²) in [6.45, 7) is 3.13. The third-order valence-electron chi connectivity index (χ3n) is 6.96. The molecule has 0 bridgehead atoms. The molecule has 10 heteroatoms. The fourth-order valence-corrected chi connectivity index (χ4v) is 6.09. The van der Waals surface area contributed by atoms with Gasteiger partial charge >= 0.3 is 0 Å². The highest BCUT2D eigenvalue weighted by molar-refractivity contribution is 7.90. The number of aliphatic imine (C=N–C) groups is 1. The van der Waals surface area contributed by atoms with Gasteiger partial charge in [-0.25, -0.2) is 17.4 Å². The second-order valence-electron chi connectivity index (χ2n) is 9.65. The van der Waals surface area contributed by atoms with Gasteiger partial charge in [0.1, 0.15) is 17.9 Å². The minimum atomic E-state index is -3.98. The van der Waals surface area contributed by atoms with Crippen molar-refractivity contribution >= 4 is 33.5 Å². The predicted molar refractivity (Wildman–Crippen MR) is 154 cm³/mol. The van der Waals surface area contributed by atoms with Crippen molar-refractivity contribution in [2.45, 2.75) is 36.7 Å². The van der Waals surface area contributed by atoms with Crippen molar-refractivity contribution in [3.8, 4) is 22.9 Å². The van der Waals surface area contributed by atoms with Gasteiger partial charge in [0.25, 0.3) is 10.0 Å². The summed E-state index contributed by atoms with van der Waals surface area (Å²) in [5.74, 6) is 0.0627. The van der Waals surface area contributed by atoms with Crippen molar-refractivity contribution in [2.24, 2.45) is 4.99 Å². The Hall–Kier alpha value is -4.33. The first kappa shape index (κ1) is 27.2. The van der Waals surface area contributed by atoms with Crippen LogP contribution in [0.15, 0.2) is 70.8 Å². The van der Waals surface area contributed by atoms with Gasteiger partial charge in [-0.3, -0.25) is 4.99 Å². The van der Waals surface area contributed by atoms with Crippen LogP contribution in [0.5, 0.6) is 5.75 Å². The summed E-state index contributed by atoms with van der Waals surface area (Å²) < 4.78 is 40.2. The number of nitriles is 1. The molecule has 0 saturated carbocycles. The summed E-state index contributed by atoms with van der Waals surface area (Å²) in [6.07, 6.45) is 7.47. The molecule has 204 valence electrons. The van der Waals surface area contributed by atoms with Gasteiger partial charge in [-0.2, -0.15) is 5.26 Å². The Kier molecular flexibility index (Phi) is 7.78. The fraction of sp³-hybridized carbons (Fsp3) is 0.267. The van der Waals surface area contributed by atoms with Crippen molar-refractivity contribution in [2.75, 3.05) is 20.3 Å². The van der Waals surface area contributed by atoms with Crippen LogP contribution in [-0.2, 0) is 14.8 Å². The zero-order valence-corrected chi connectivity index (χ0v) is 23.1. The summed E-state index contributed by atoms with van der Waals surface area (Å²) in [5, 5.41) is 18.4. The molecule has 0 amide bonds. The zero-order chi connectivity index (χ0) is 28.3. The maximum absolute atomic E-state index is 13.8. The van der Waals surface area contributed by atoms with Crippen molar-refractivity contribution in [3.63, 3.8) is 0 Å². The number of nitrogens with one attached hydrogen (secondary N) is 1. The Morgan fingerprint density at radius 1 is 1.20 bits per heavy atom. The molecule has 1 N–H and O–H groups in total. The highest BCUT2D eigenvalue weighted by Gasteiger charge is 2.25. The Morgan fingerprint density at radius 3 is 2.62 bits per heavy atom. The van der Waals surface area contributed by atoms with Gasteiger partial charge in [0.15, 0.2) is 5.65 Å². The molecule has 4 aromatic rings. The number of hydrogen-bond donors (Lipinski definition) is 1. The van der Waals surface area contributed by atoms with E-state index in [1.54, 1.807) is 62.1 Å². The van der Waals surface area contributed by atoms with Gasteiger partial charge in [0.05, 0.1) is 29.6 Å². The van der Waals surface area contributed by atoms with Crippen molar-refractivity contribution in [3.05, 3.63) is 77.6 Å². The maximum Gasteiger partial charge on any atom is 0.269 e. The monoisotopic (exact) mass is 555 g/mol. The van der Waals surface area contributed by atoms with Gasteiger partial charge in [-0.1, -0.05) is 23.8 Å². The number of benzene rings is 2. The topological polar surface area (TPSA) is 130 Å². The summed E-state index contributed by atoms with van der Waals surface area (Å²) >= 11 is 0. The Balaban J connectivity index is 1.67. The number of hydrogen-bond acceptors (Lipinski definition) is 8. The molecule has 3 heterocycles. The van der Waals surface area contributed by atoms with E-state index in [4.69, 9.17) is 14.9 Å². The fourth-order valence-electron chi connectivity index (χ4n) is 4.76. The summed E-state index contributed by atoms with van der Waals surface area (Å²) in [5.41, 5.74) is 3.48. The quantitative estimate of drug-likeness (QED) is 0.301. The molecule has 40 heavy (non-hydrogen) atoms. The van der Waals surface area contributed by atoms with Crippen LogP contribution >= 0.6 is 0 Å². The minimum Gasteiger partial charge on any atom is -0.489 e. The largest absolute Gasteiger partial charge is 0.489 e. The SMILES string of the molecule is CN=CC(C=N)c1cnc2c(c1)c(-c1ccc(OC3CCOCC3)c(C#N)c1)cn2S(=O)(=O)c1ccc(C)cc1. The third kappa shape index (κ3) is 5.26. The van der Waals surface area contributed by atoms with Crippen LogP contribution in [0.25, 0.3) is 22.2 Å². The highest BCUT2D eigenvalue weighted by Crippen LogP contribution is 2.36. The average Bonchev–Trinajstić information content (AvgIpc) is 3.36. The number of rotatable bonds is 8. The predicted octanol–water partition coefficient (Wildman–Crippen LogP) is 5.11. The molecule has 1 unspecified atom stereocenters. The molecule has 1 aliphatic heterocycles. The van der Waals surface area contributed by atoms with E-state index in [1.807, 2.05) is 19.1 Å². The van der Waals surface area contributed by atoms with E-state index in [-0.39, 0.29) is 16.6 Å². The second-order valence-corrected chi connectivity index (χ2v) is 11.5. The number of aromatic nitrogens is 2. The van der Waals surface area contributed by atoms with Crippen molar-refractivity contribution in [1.29, 1.82) is 10.7 Å². The van der Waals surface area contributed by atoms with Crippen LogP contribution in [0.3, 0.4) is 0 Å². The first-order chi connectivity index (χ1) is 19.3. The Morgan fingerprint density at radius 2 is 1.95 bits per heavy atom. The van der Waals surface area contributed by atoms with E-state index < -0.39 is 15.9 Å². The Labute approximate surface area is 233 Å². The average molecular weight is 556 g/mol. The summed E-state index contributed by atoms with van der Waals surface area (Å²) in [6, 6.07) is 16.0. The smallest absolute Gasteiger partial charge is 0.269 e. The number of pyridine rings is 1. The molecule has 1 saturated heterocycles. The van der Waals surface area contributed by atoms with E-state index >= 15 is 0 Å². The number of fused-ring (bicyclic) bond motifs is 1. The molecule has 5 rings (SSSR count). The molecule has 1 atom stereocenters. The standard InChI is InChI=1S/C30H29N5O4S/c1-20-3-6-26(7-4-20)40(36,37)35-19-28(27-14-23(18-34-30(27)35)24(16-32)17-33-2)21-5-8-29(22(13-21)15-31)39-25-9-11-38-12-10-25/h3-8,13-14,16-19,24-25,32H,9-12H2,1-2H3. The number of aryl methyl sites for hydroxylation is 1. The highest BCUT2D eigenvalue weighted by atomic mass is 32.2. The van der Waals surface area contributed by atoms with Gasteiger partial charge < -0.3 is 14.9 Å². The zero-order valence-electron chi connectivity index (χ0n) is 22.2. The molecule has 0 radical (unpaired) electrons. The van der Waals surface area contributed by atoms with Crippen LogP contribution in [0, 0.1) is 23.7 Å². The van der Waals surface area contributed by atoms with Gasteiger partial charge in [0, 0.05) is 55.7 Å². The van der Waals surface area contributed by atoms with Crippen LogP contribution in [0.1, 0.15) is 35.4 Å². The van der Waals surface area contributed by atoms with Gasteiger partial charge in [-0.15, -0.1) is 0 Å². The normalized spacial score (nSPS) is 15.2. The van der Waals surface area contributed by atoms with Gasteiger partial charge in [0.2, 0.25) is 0 Å². The third-order valence-corrected chi connectivity index (χ3v) is 8.62. The molecule has 9 nitrogen and oxygen atoms in total. The van der Waals surface area contributed by atoms with E-state index in [9.17, 15) is 13.7 Å². The molecule has 1 aliphatic rings. The lowest BCUT2D eigenvalue weighted by Crippen LogP contribution is -2.26. The maximum atomic E-state index is 13.8. The van der Waals surface area contributed by atoms with E-state index in [2.05, 4.69) is 16.0 Å². The van der Waals surface area contributed by atoms with Crippen molar-refractivity contribution in [1.82, 2.24) is 8.96 Å². The van der Waals surface area contributed by atoms with Crippen molar-refractivity contribution < 1.29 is 17.9 Å². The molecule has 2 aromatic carbocycles. The number of nitrogens with zero attached hydrogens (tertiary/aromatic N) is 4. The van der Waals surface area contributed by atoms with Crippen LogP contribution in [-0.4, -0.2) is 56.2 Å². The molecule has 2 aromatic heterocycles. The first-order valence-corrected chi connectivity index (χ1v) is 14.3. The van der Waals surface area contributed by atoms with Crippen LogP contribution in [0.2, 0.25) is 0 Å². The van der Waals surface area contributed by atoms with E-state index in [1.165, 1.54) is 10.2 Å². The summed E-state index contributed by atoms with van der Waals surface area (Å²) in [7, 11) is -2.35.